The molecule has 11 heteroatoms. The van der Waals surface area contributed by atoms with Gasteiger partial charge in [-0.25, -0.2) is 9.97 Å². The molecule has 38 heavy (non-hydrogen) atoms. The van der Waals surface area contributed by atoms with E-state index in [1.54, 1.807) is 43.3 Å². The Morgan fingerprint density at radius 1 is 0.895 bits per heavy atom. The van der Waals surface area contributed by atoms with Gasteiger partial charge in [0.2, 0.25) is 5.95 Å². The van der Waals surface area contributed by atoms with Gasteiger partial charge >= 0.3 is 0 Å². The van der Waals surface area contributed by atoms with Crippen LogP contribution in [0, 0.1) is 0 Å². The summed E-state index contributed by atoms with van der Waals surface area (Å²) in [7, 11) is 3.25. The lowest BCUT2D eigenvalue weighted by Crippen LogP contribution is -2.39. The van der Waals surface area contributed by atoms with Crippen molar-refractivity contribution >= 4 is 45.2 Å². The third-order valence-corrected chi connectivity index (χ3v) is 7.60. The molecule has 0 amide bonds. The van der Waals surface area contributed by atoms with Crippen LogP contribution in [0.1, 0.15) is 18.9 Å². The van der Waals surface area contributed by atoms with Gasteiger partial charge in [-0.1, -0.05) is 11.6 Å². The molecule has 0 radical (unpaired) electrons. The molecule has 4 aromatic rings. The average Bonchev–Trinajstić information content (AvgIpc) is 2.97. The Hall–Kier alpha value is -3.63. The van der Waals surface area contributed by atoms with Crippen molar-refractivity contribution in [3.63, 3.8) is 0 Å². The number of rotatable bonds is 5. The molecule has 4 heterocycles. The predicted octanol–water partition coefficient (Wildman–Crippen LogP) is 3.69. The van der Waals surface area contributed by atoms with Gasteiger partial charge in [0.15, 0.2) is 11.5 Å². The second-order valence-electron chi connectivity index (χ2n) is 9.51. The summed E-state index contributed by atoms with van der Waals surface area (Å²) >= 11 is 6.15. The molecule has 2 fully saturated rings. The van der Waals surface area contributed by atoms with E-state index in [2.05, 4.69) is 14.8 Å². The number of ether oxygens (including phenoxy) is 3. The normalized spacial score (nSPS) is 16.8. The van der Waals surface area contributed by atoms with E-state index in [-0.39, 0.29) is 11.6 Å². The van der Waals surface area contributed by atoms with E-state index in [1.807, 2.05) is 12.1 Å². The Morgan fingerprint density at radius 2 is 1.63 bits per heavy atom. The van der Waals surface area contributed by atoms with Crippen molar-refractivity contribution in [3.05, 3.63) is 52.0 Å². The average molecular weight is 537 g/mol. The number of methoxy groups -OCH3 is 2. The zero-order valence-corrected chi connectivity index (χ0v) is 22.1. The molecule has 198 valence electrons. The van der Waals surface area contributed by atoms with Gasteiger partial charge in [-0.3, -0.25) is 9.36 Å². The van der Waals surface area contributed by atoms with Crippen LogP contribution >= 0.6 is 11.6 Å². The van der Waals surface area contributed by atoms with Crippen molar-refractivity contribution in [2.75, 3.05) is 63.4 Å². The van der Waals surface area contributed by atoms with E-state index in [1.165, 1.54) is 0 Å². The third kappa shape index (κ3) is 4.48. The summed E-state index contributed by atoms with van der Waals surface area (Å²) in [5.74, 6) is 2.79. The minimum atomic E-state index is -0.0603. The minimum absolute atomic E-state index is 0.0380. The first-order valence-electron chi connectivity index (χ1n) is 12.7. The maximum Gasteiger partial charge on any atom is 0.261 e. The van der Waals surface area contributed by atoms with Gasteiger partial charge in [-0.2, -0.15) is 4.98 Å². The number of morpholine rings is 1. The van der Waals surface area contributed by atoms with Crippen LogP contribution in [-0.4, -0.2) is 73.1 Å². The number of aromatic nitrogens is 4. The van der Waals surface area contributed by atoms with E-state index in [4.69, 9.17) is 35.8 Å². The van der Waals surface area contributed by atoms with Gasteiger partial charge in [-0.15, -0.1) is 0 Å². The summed E-state index contributed by atoms with van der Waals surface area (Å²) in [6.45, 7) is 4.23. The third-order valence-electron chi connectivity index (χ3n) is 7.37. The van der Waals surface area contributed by atoms with Crippen LogP contribution in [0.2, 0.25) is 5.02 Å². The lowest BCUT2D eigenvalue weighted by atomic mass is 10.0. The van der Waals surface area contributed by atoms with Gasteiger partial charge in [-0.05, 0) is 37.1 Å². The number of hydrogen-bond acceptors (Lipinski definition) is 9. The highest BCUT2D eigenvalue weighted by atomic mass is 35.5. The SMILES string of the molecule is COc1cc2nc(N3CCOCC3)nc(N3CCC(n4cnc5ccc(Cl)cc5c4=O)CC3)c2cc1OC. The minimum Gasteiger partial charge on any atom is -0.493 e. The molecule has 2 aliphatic heterocycles. The summed E-state index contributed by atoms with van der Waals surface area (Å²) in [5.41, 5.74) is 1.39. The summed E-state index contributed by atoms with van der Waals surface area (Å²) in [6, 6.07) is 9.11. The van der Waals surface area contributed by atoms with Crippen LogP contribution < -0.4 is 24.8 Å². The monoisotopic (exact) mass is 536 g/mol. The maximum atomic E-state index is 13.2. The summed E-state index contributed by atoms with van der Waals surface area (Å²) < 4.78 is 18.4. The van der Waals surface area contributed by atoms with Crippen molar-refractivity contribution in [1.82, 2.24) is 19.5 Å². The fourth-order valence-electron chi connectivity index (χ4n) is 5.30. The second kappa shape index (κ2) is 10.3. The maximum absolute atomic E-state index is 13.2. The Morgan fingerprint density at radius 3 is 2.37 bits per heavy atom. The van der Waals surface area contributed by atoms with Crippen LogP contribution in [0.3, 0.4) is 0 Å². The highest BCUT2D eigenvalue weighted by molar-refractivity contribution is 6.31. The highest BCUT2D eigenvalue weighted by Gasteiger charge is 2.26. The number of benzene rings is 2. The largest absolute Gasteiger partial charge is 0.493 e. The van der Waals surface area contributed by atoms with E-state index in [0.29, 0.717) is 46.6 Å². The van der Waals surface area contributed by atoms with Crippen LogP contribution in [0.5, 0.6) is 11.5 Å². The van der Waals surface area contributed by atoms with Crippen molar-refractivity contribution in [2.45, 2.75) is 18.9 Å². The van der Waals surface area contributed by atoms with Crippen molar-refractivity contribution in [2.24, 2.45) is 0 Å². The Kier molecular flexibility index (Phi) is 6.67. The molecule has 2 aromatic carbocycles. The number of fused-ring (bicyclic) bond motifs is 2. The zero-order valence-electron chi connectivity index (χ0n) is 21.4. The van der Waals surface area contributed by atoms with Crippen LogP contribution in [0.15, 0.2) is 41.5 Å². The molecule has 0 aliphatic carbocycles. The molecule has 2 saturated heterocycles. The van der Waals surface area contributed by atoms with E-state index < -0.39 is 0 Å². The van der Waals surface area contributed by atoms with Crippen molar-refractivity contribution < 1.29 is 14.2 Å². The highest BCUT2D eigenvalue weighted by Crippen LogP contribution is 2.37. The van der Waals surface area contributed by atoms with Crippen LogP contribution in [-0.2, 0) is 4.74 Å². The van der Waals surface area contributed by atoms with Gasteiger partial charge < -0.3 is 24.0 Å². The lowest BCUT2D eigenvalue weighted by Gasteiger charge is -2.35. The quantitative estimate of drug-likeness (QED) is 0.378. The molecule has 0 bridgehead atoms. The van der Waals surface area contributed by atoms with E-state index >= 15 is 0 Å². The molecule has 10 nitrogen and oxygen atoms in total. The molecule has 2 aromatic heterocycles. The van der Waals surface area contributed by atoms with Gasteiger partial charge in [0.05, 0.1) is 50.2 Å². The summed E-state index contributed by atoms with van der Waals surface area (Å²) in [4.78, 5) is 32.1. The fraction of sp³-hybridized carbons (Fsp3) is 0.407. The first-order valence-corrected chi connectivity index (χ1v) is 13.1. The second-order valence-corrected chi connectivity index (χ2v) is 9.94. The number of halogens is 1. The molecule has 0 atom stereocenters. The molecule has 6 rings (SSSR count). The molecule has 0 unspecified atom stereocenters. The zero-order chi connectivity index (χ0) is 26.2. The lowest BCUT2D eigenvalue weighted by molar-refractivity contribution is 0.122. The Bertz CT molecular complexity index is 1550. The first-order chi connectivity index (χ1) is 18.6. The standard InChI is InChI=1S/C27H29ClN6O4/c1-36-23-14-19-22(15-24(23)37-2)30-27(33-9-11-38-12-10-33)31-25(19)32-7-5-18(6-8-32)34-16-29-21-4-3-17(28)13-20(21)26(34)35/h3-4,13-16,18H,5-12H2,1-2H3. The van der Waals surface area contributed by atoms with E-state index in [9.17, 15) is 4.79 Å². The van der Waals surface area contributed by atoms with E-state index in [0.717, 1.165) is 55.7 Å². The van der Waals surface area contributed by atoms with Gasteiger partial charge in [0.25, 0.3) is 5.56 Å². The number of piperidine rings is 1. The molecule has 0 N–H and O–H groups in total. The number of nitrogens with zero attached hydrogens (tertiary/aromatic N) is 6. The number of anilines is 2. The smallest absolute Gasteiger partial charge is 0.261 e. The molecule has 0 spiro atoms. The molecular weight excluding hydrogens is 508 g/mol. The fourth-order valence-corrected chi connectivity index (χ4v) is 5.47. The predicted molar refractivity (Wildman–Crippen MR) is 147 cm³/mol. The number of hydrogen-bond donors (Lipinski definition) is 0. The van der Waals surface area contributed by atoms with Crippen molar-refractivity contribution in [1.29, 1.82) is 0 Å². The van der Waals surface area contributed by atoms with Crippen LogP contribution in [0.4, 0.5) is 11.8 Å². The van der Waals surface area contributed by atoms with Crippen molar-refractivity contribution in [3.8, 4) is 11.5 Å². The molecular formula is C27H29ClN6O4. The van der Waals surface area contributed by atoms with Crippen LogP contribution in [0.25, 0.3) is 21.8 Å². The molecule has 2 aliphatic rings. The van der Waals surface area contributed by atoms with Gasteiger partial charge in [0.1, 0.15) is 5.82 Å². The Labute approximate surface area is 224 Å². The molecule has 0 saturated carbocycles. The Balaban J connectivity index is 1.34. The topological polar surface area (TPSA) is 94.8 Å². The first kappa shape index (κ1) is 24.7. The summed E-state index contributed by atoms with van der Waals surface area (Å²) in [6.07, 6.45) is 3.21. The summed E-state index contributed by atoms with van der Waals surface area (Å²) in [5, 5.41) is 1.97. The van der Waals surface area contributed by atoms with Gasteiger partial charge in [0, 0.05) is 48.7 Å².